The zero-order chi connectivity index (χ0) is 13.5. The fourth-order valence-corrected chi connectivity index (χ4v) is 2.49. The van der Waals surface area contributed by atoms with Crippen molar-refractivity contribution in [3.63, 3.8) is 0 Å². The van der Waals surface area contributed by atoms with E-state index in [1.165, 1.54) is 11.1 Å². The van der Waals surface area contributed by atoms with Crippen molar-refractivity contribution in [1.29, 1.82) is 0 Å². The summed E-state index contributed by atoms with van der Waals surface area (Å²) in [5.41, 5.74) is 8.32. The second-order valence-corrected chi connectivity index (χ2v) is 5.53. The van der Waals surface area contributed by atoms with E-state index in [1.54, 1.807) is 0 Å². The molecule has 100 valence electrons. The van der Waals surface area contributed by atoms with Gasteiger partial charge in [-0.05, 0) is 30.9 Å². The molecule has 3 rings (SSSR count). The van der Waals surface area contributed by atoms with Crippen LogP contribution in [0.2, 0.25) is 0 Å². The summed E-state index contributed by atoms with van der Waals surface area (Å²) in [6.07, 6.45) is 1.90. The third kappa shape index (κ3) is 1.87. The Bertz CT molecular complexity index is 587. The average molecular weight is 257 g/mol. The maximum atomic E-state index is 5.83. The van der Waals surface area contributed by atoms with E-state index >= 15 is 0 Å². The zero-order valence-electron chi connectivity index (χ0n) is 11.4. The van der Waals surface area contributed by atoms with Crippen molar-refractivity contribution in [2.24, 2.45) is 5.73 Å². The van der Waals surface area contributed by atoms with Crippen molar-refractivity contribution in [3.8, 4) is 0 Å². The Hall–Kier alpha value is -1.68. The molecule has 4 nitrogen and oxygen atoms in total. The first-order valence-electron chi connectivity index (χ1n) is 6.80. The highest BCUT2D eigenvalue weighted by atomic mass is 16.5. The van der Waals surface area contributed by atoms with Crippen LogP contribution in [-0.2, 0) is 11.8 Å². The summed E-state index contributed by atoms with van der Waals surface area (Å²) >= 11 is 0. The van der Waals surface area contributed by atoms with E-state index in [9.17, 15) is 0 Å². The highest BCUT2D eigenvalue weighted by Gasteiger charge is 2.34. The predicted molar refractivity (Wildman–Crippen MR) is 73.0 cm³/mol. The van der Waals surface area contributed by atoms with E-state index in [0.29, 0.717) is 12.4 Å². The fourth-order valence-electron chi connectivity index (χ4n) is 2.49. The SMILES string of the molecule is CCC(C)(CN)c1nc(C2Cc3ccccc32)no1. The molecular weight excluding hydrogens is 238 g/mol. The molecule has 0 aliphatic heterocycles. The minimum atomic E-state index is -0.214. The number of hydrogen-bond acceptors (Lipinski definition) is 4. The summed E-state index contributed by atoms with van der Waals surface area (Å²) in [7, 11) is 0. The van der Waals surface area contributed by atoms with E-state index in [1.807, 2.05) is 0 Å². The van der Waals surface area contributed by atoms with E-state index in [4.69, 9.17) is 10.3 Å². The first kappa shape index (κ1) is 12.4. The number of rotatable bonds is 4. The second-order valence-electron chi connectivity index (χ2n) is 5.53. The average Bonchev–Trinajstić information content (AvgIpc) is 2.89. The molecule has 1 aromatic carbocycles. The zero-order valence-corrected chi connectivity index (χ0v) is 11.4. The molecule has 0 saturated carbocycles. The van der Waals surface area contributed by atoms with Gasteiger partial charge in [0, 0.05) is 6.54 Å². The minimum Gasteiger partial charge on any atom is -0.339 e. The maximum Gasteiger partial charge on any atom is 0.233 e. The van der Waals surface area contributed by atoms with Gasteiger partial charge in [-0.3, -0.25) is 0 Å². The van der Waals surface area contributed by atoms with Gasteiger partial charge < -0.3 is 10.3 Å². The lowest BCUT2D eigenvalue weighted by Crippen LogP contribution is -2.31. The van der Waals surface area contributed by atoms with Crippen LogP contribution in [0.5, 0.6) is 0 Å². The molecule has 1 heterocycles. The van der Waals surface area contributed by atoms with Gasteiger partial charge >= 0.3 is 0 Å². The van der Waals surface area contributed by atoms with Gasteiger partial charge in [0.2, 0.25) is 5.89 Å². The minimum absolute atomic E-state index is 0.214. The Morgan fingerprint density at radius 1 is 1.42 bits per heavy atom. The van der Waals surface area contributed by atoms with Gasteiger partial charge in [0.15, 0.2) is 5.82 Å². The van der Waals surface area contributed by atoms with Gasteiger partial charge in [-0.15, -0.1) is 0 Å². The van der Waals surface area contributed by atoms with Gasteiger partial charge in [0.05, 0.1) is 11.3 Å². The Kier molecular flexibility index (Phi) is 2.90. The van der Waals surface area contributed by atoms with Crippen LogP contribution in [0.4, 0.5) is 0 Å². The lowest BCUT2D eigenvalue weighted by Gasteiger charge is -2.27. The Labute approximate surface area is 113 Å². The normalized spacial score (nSPS) is 20.5. The topological polar surface area (TPSA) is 64.9 Å². The third-order valence-corrected chi connectivity index (χ3v) is 4.36. The lowest BCUT2D eigenvalue weighted by molar-refractivity contribution is 0.288. The molecule has 0 fully saturated rings. The first-order chi connectivity index (χ1) is 9.18. The molecule has 2 N–H and O–H groups in total. The highest BCUT2D eigenvalue weighted by Crippen LogP contribution is 2.39. The molecule has 1 aliphatic carbocycles. The molecule has 0 bridgehead atoms. The van der Waals surface area contributed by atoms with Crippen molar-refractivity contribution in [1.82, 2.24) is 10.1 Å². The Morgan fingerprint density at radius 3 is 2.89 bits per heavy atom. The summed E-state index contributed by atoms with van der Waals surface area (Å²) in [5.74, 6) is 1.74. The maximum absolute atomic E-state index is 5.83. The molecule has 0 amide bonds. The second kappa shape index (κ2) is 4.46. The van der Waals surface area contributed by atoms with Gasteiger partial charge in [-0.1, -0.05) is 36.3 Å². The predicted octanol–water partition coefficient (Wildman–Crippen LogP) is 2.38. The fraction of sp³-hybridized carbons (Fsp3) is 0.467. The van der Waals surface area contributed by atoms with Crippen LogP contribution in [-0.4, -0.2) is 16.7 Å². The van der Waals surface area contributed by atoms with Crippen molar-refractivity contribution in [3.05, 3.63) is 47.1 Å². The first-order valence-corrected chi connectivity index (χ1v) is 6.80. The molecule has 0 radical (unpaired) electrons. The summed E-state index contributed by atoms with van der Waals surface area (Å²) in [5, 5.41) is 4.16. The Morgan fingerprint density at radius 2 is 2.21 bits per heavy atom. The molecule has 0 saturated heterocycles. The van der Waals surface area contributed by atoms with Gasteiger partial charge in [-0.2, -0.15) is 4.98 Å². The summed E-state index contributed by atoms with van der Waals surface area (Å²) in [4.78, 5) is 4.59. The van der Waals surface area contributed by atoms with E-state index in [0.717, 1.165) is 18.7 Å². The number of nitrogens with zero attached hydrogens (tertiary/aromatic N) is 2. The van der Waals surface area contributed by atoms with Crippen LogP contribution in [0.25, 0.3) is 0 Å². The number of hydrogen-bond donors (Lipinski definition) is 1. The molecular formula is C15H19N3O. The molecule has 2 aromatic rings. The summed E-state index contributed by atoms with van der Waals surface area (Å²) in [6.45, 7) is 4.68. The van der Waals surface area contributed by atoms with E-state index in [2.05, 4.69) is 48.3 Å². The smallest absolute Gasteiger partial charge is 0.233 e. The van der Waals surface area contributed by atoms with E-state index in [-0.39, 0.29) is 11.3 Å². The molecule has 2 atom stereocenters. The van der Waals surface area contributed by atoms with Crippen molar-refractivity contribution in [2.45, 2.75) is 38.0 Å². The van der Waals surface area contributed by atoms with Gasteiger partial charge in [0.1, 0.15) is 0 Å². The van der Waals surface area contributed by atoms with Gasteiger partial charge in [-0.25, -0.2) is 0 Å². The monoisotopic (exact) mass is 257 g/mol. The molecule has 1 aliphatic rings. The van der Waals surface area contributed by atoms with Crippen LogP contribution in [0.1, 0.15) is 49.0 Å². The molecule has 1 aromatic heterocycles. The highest BCUT2D eigenvalue weighted by molar-refractivity contribution is 5.43. The Balaban J connectivity index is 1.88. The van der Waals surface area contributed by atoms with Crippen molar-refractivity contribution >= 4 is 0 Å². The quantitative estimate of drug-likeness (QED) is 0.913. The van der Waals surface area contributed by atoms with Crippen LogP contribution in [0.15, 0.2) is 28.8 Å². The van der Waals surface area contributed by atoms with Crippen LogP contribution < -0.4 is 5.73 Å². The summed E-state index contributed by atoms with van der Waals surface area (Å²) < 4.78 is 5.44. The number of benzene rings is 1. The van der Waals surface area contributed by atoms with Crippen LogP contribution in [0.3, 0.4) is 0 Å². The van der Waals surface area contributed by atoms with Crippen molar-refractivity contribution < 1.29 is 4.52 Å². The third-order valence-electron chi connectivity index (χ3n) is 4.36. The molecule has 0 spiro atoms. The van der Waals surface area contributed by atoms with Crippen molar-refractivity contribution in [2.75, 3.05) is 6.54 Å². The number of fused-ring (bicyclic) bond motifs is 1. The standard InChI is InChI=1S/C15H19N3O/c1-3-15(2,9-16)14-17-13(18-19-14)12-8-10-6-4-5-7-11(10)12/h4-7,12H,3,8-9,16H2,1-2H3. The van der Waals surface area contributed by atoms with E-state index < -0.39 is 0 Å². The summed E-state index contributed by atoms with van der Waals surface area (Å²) in [6, 6.07) is 8.42. The lowest BCUT2D eigenvalue weighted by atomic mass is 9.77. The molecule has 2 unspecified atom stereocenters. The van der Waals surface area contributed by atoms with Gasteiger partial charge in [0.25, 0.3) is 0 Å². The number of aromatic nitrogens is 2. The van der Waals surface area contributed by atoms with Crippen LogP contribution in [0, 0.1) is 0 Å². The van der Waals surface area contributed by atoms with Crippen LogP contribution >= 0.6 is 0 Å². The molecule has 4 heteroatoms. The molecule has 19 heavy (non-hydrogen) atoms. The number of nitrogens with two attached hydrogens (primary N) is 1. The largest absolute Gasteiger partial charge is 0.339 e.